The van der Waals surface area contributed by atoms with Gasteiger partial charge in [-0.05, 0) is 0 Å². The van der Waals surface area contributed by atoms with Crippen molar-refractivity contribution in [1.29, 1.82) is 0 Å². The van der Waals surface area contributed by atoms with Crippen LogP contribution in [0.2, 0.25) is 0 Å². The number of nitrogens with zero attached hydrogens (tertiary/aromatic N) is 2. The highest BCUT2D eigenvalue weighted by Gasteiger charge is 2.28. The van der Waals surface area contributed by atoms with Crippen molar-refractivity contribution in [2.75, 3.05) is 19.0 Å². The summed E-state index contributed by atoms with van der Waals surface area (Å²) in [5.74, 6) is 0.561. The lowest BCUT2D eigenvalue weighted by molar-refractivity contribution is -0.154. The molecule has 1 N–H and O–H groups in total. The minimum absolute atomic E-state index is 0.125. The number of rotatable bonds is 4. The van der Waals surface area contributed by atoms with Gasteiger partial charge < -0.3 is 10.1 Å². The first-order valence-corrected chi connectivity index (χ1v) is 5.80. The van der Waals surface area contributed by atoms with Gasteiger partial charge in [0.05, 0.1) is 0 Å². The average Bonchev–Trinajstić information content (AvgIpc) is 2.45. The van der Waals surface area contributed by atoms with Gasteiger partial charge in [-0.1, -0.05) is 30.3 Å². The number of nitrogens with one attached hydrogen (secondary N) is 1. The van der Waals surface area contributed by atoms with Crippen molar-refractivity contribution in [3.63, 3.8) is 0 Å². The molecule has 106 valence electrons. The molecule has 0 saturated carbocycles. The molecule has 2 rings (SSSR count). The lowest BCUT2D eigenvalue weighted by Crippen LogP contribution is -2.20. The third-order valence-electron chi connectivity index (χ3n) is 2.37. The third kappa shape index (κ3) is 3.84. The van der Waals surface area contributed by atoms with Crippen LogP contribution >= 0.6 is 0 Å². The maximum absolute atomic E-state index is 12.2. The highest BCUT2D eigenvalue weighted by molar-refractivity contribution is 5.58. The largest absolute Gasteiger partial charge is 0.468 e. The van der Waals surface area contributed by atoms with Crippen molar-refractivity contribution < 1.29 is 17.9 Å². The van der Waals surface area contributed by atoms with E-state index in [-0.39, 0.29) is 5.88 Å². The van der Waals surface area contributed by atoms with Crippen LogP contribution in [-0.4, -0.2) is 29.8 Å². The van der Waals surface area contributed by atoms with Gasteiger partial charge >= 0.3 is 6.18 Å². The second-order valence-electron chi connectivity index (χ2n) is 3.93. The van der Waals surface area contributed by atoms with Crippen LogP contribution in [0.1, 0.15) is 0 Å². The number of hydrogen-bond acceptors (Lipinski definition) is 4. The first kappa shape index (κ1) is 14.1. The van der Waals surface area contributed by atoms with Gasteiger partial charge in [0.25, 0.3) is 0 Å². The van der Waals surface area contributed by atoms with Crippen molar-refractivity contribution in [3.8, 4) is 17.3 Å². The smallest absolute Gasteiger partial charge is 0.422 e. The summed E-state index contributed by atoms with van der Waals surface area (Å²) in [5, 5.41) is 2.76. The molecule has 0 saturated heterocycles. The SMILES string of the molecule is CNc1cc(OCC(F)(F)F)nc(-c2ccccc2)n1. The highest BCUT2D eigenvalue weighted by atomic mass is 19.4. The summed E-state index contributed by atoms with van der Waals surface area (Å²) in [6, 6.07) is 10.3. The fraction of sp³-hybridized carbons (Fsp3) is 0.231. The Hall–Kier alpha value is -2.31. The van der Waals surface area contributed by atoms with Gasteiger partial charge in [-0.3, -0.25) is 0 Å². The minimum Gasteiger partial charge on any atom is -0.468 e. The molecule has 0 amide bonds. The maximum Gasteiger partial charge on any atom is 0.422 e. The van der Waals surface area contributed by atoms with Gasteiger partial charge in [-0.2, -0.15) is 18.2 Å². The predicted molar refractivity (Wildman–Crippen MR) is 68.6 cm³/mol. The van der Waals surface area contributed by atoms with Crippen LogP contribution in [0.25, 0.3) is 11.4 Å². The molecule has 0 atom stereocenters. The molecule has 20 heavy (non-hydrogen) atoms. The second kappa shape index (κ2) is 5.77. The quantitative estimate of drug-likeness (QED) is 0.936. The monoisotopic (exact) mass is 283 g/mol. The zero-order valence-corrected chi connectivity index (χ0v) is 10.6. The average molecular weight is 283 g/mol. The molecule has 0 unspecified atom stereocenters. The summed E-state index contributed by atoms with van der Waals surface area (Å²) < 4.78 is 41.1. The summed E-state index contributed by atoms with van der Waals surface area (Å²) in [4.78, 5) is 8.16. The standard InChI is InChI=1S/C13H12F3N3O/c1-17-10-7-11(20-8-13(14,15)16)19-12(18-10)9-5-3-2-4-6-9/h2-7H,8H2,1H3,(H,17,18,19). The van der Waals surface area contributed by atoms with E-state index in [1.807, 2.05) is 6.07 Å². The van der Waals surface area contributed by atoms with Gasteiger partial charge in [0, 0.05) is 18.7 Å². The number of benzene rings is 1. The first-order chi connectivity index (χ1) is 9.48. The van der Waals surface area contributed by atoms with Crippen molar-refractivity contribution in [2.45, 2.75) is 6.18 Å². The van der Waals surface area contributed by atoms with E-state index in [1.165, 1.54) is 6.07 Å². The molecule has 0 aliphatic heterocycles. The summed E-state index contributed by atoms with van der Waals surface area (Å²) in [6.07, 6.45) is -4.41. The number of aromatic nitrogens is 2. The Kier molecular flexibility index (Phi) is 4.07. The molecule has 0 bridgehead atoms. The van der Waals surface area contributed by atoms with Crippen LogP contribution in [-0.2, 0) is 0 Å². The predicted octanol–water partition coefficient (Wildman–Crippen LogP) is 3.13. The number of hydrogen-bond donors (Lipinski definition) is 1. The van der Waals surface area contributed by atoms with Gasteiger partial charge in [0.2, 0.25) is 5.88 Å². The Morgan fingerprint density at radius 3 is 2.45 bits per heavy atom. The van der Waals surface area contributed by atoms with Crippen LogP contribution in [0.15, 0.2) is 36.4 Å². The fourth-order valence-electron chi connectivity index (χ4n) is 1.50. The van der Waals surface area contributed by atoms with Gasteiger partial charge in [-0.15, -0.1) is 0 Å². The van der Waals surface area contributed by atoms with E-state index < -0.39 is 12.8 Å². The van der Waals surface area contributed by atoms with Gasteiger partial charge in [-0.25, -0.2) is 4.98 Å². The zero-order chi connectivity index (χ0) is 14.6. The normalized spacial score (nSPS) is 11.2. The first-order valence-electron chi connectivity index (χ1n) is 5.80. The lowest BCUT2D eigenvalue weighted by Gasteiger charge is -2.11. The molecule has 2 aromatic rings. The van der Waals surface area contributed by atoms with E-state index in [1.54, 1.807) is 31.3 Å². The van der Waals surface area contributed by atoms with Crippen molar-refractivity contribution >= 4 is 5.82 Å². The van der Waals surface area contributed by atoms with Gasteiger partial charge in [0.1, 0.15) is 5.82 Å². The zero-order valence-electron chi connectivity index (χ0n) is 10.6. The van der Waals surface area contributed by atoms with Crippen LogP contribution in [0.4, 0.5) is 19.0 Å². The van der Waals surface area contributed by atoms with Gasteiger partial charge in [0.15, 0.2) is 12.4 Å². The Bertz CT molecular complexity index is 573. The second-order valence-corrected chi connectivity index (χ2v) is 3.93. The van der Waals surface area contributed by atoms with E-state index in [0.717, 1.165) is 0 Å². The molecular weight excluding hydrogens is 271 g/mol. The van der Waals surface area contributed by atoms with Crippen LogP contribution < -0.4 is 10.1 Å². The summed E-state index contributed by atoms with van der Waals surface area (Å²) in [7, 11) is 1.62. The molecule has 1 aromatic carbocycles. The molecule has 7 heteroatoms. The molecule has 0 spiro atoms. The maximum atomic E-state index is 12.2. The molecule has 0 radical (unpaired) electrons. The number of alkyl halides is 3. The van der Waals surface area contributed by atoms with E-state index in [9.17, 15) is 13.2 Å². The summed E-state index contributed by atoms with van der Waals surface area (Å²) in [6.45, 7) is -1.39. The molecule has 1 heterocycles. The molecular formula is C13H12F3N3O. The Balaban J connectivity index is 2.30. The Morgan fingerprint density at radius 1 is 1.15 bits per heavy atom. The summed E-state index contributed by atoms with van der Waals surface area (Å²) in [5.41, 5.74) is 0.696. The topological polar surface area (TPSA) is 47.0 Å². The van der Waals surface area contributed by atoms with E-state index in [4.69, 9.17) is 0 Å². The number of anilines is 1. The molecule has 0 fully saturated rings. The molecule has 0 aliphatic rings. The van der Waals surface area contributed by atoms with Crippen LogP contribution in [0.5, 0.6) is 5.88 Å². The highest BCUT2D eigenvalue weighted by Crippen LogP contribution is 2.23. The van der Waals surface area contributed by atoms with Crippen LogP contribution in [0, 0.1) is 0 Å². The van der Waals surface area contributed by atoms with Crippen molar-refractivity contribution in [2.24, 2.45) is 0 Å². The molecule has 0 aliphatic carbocycles. The molecule has 1 aromatic heterocycles. The number of ether oxygens (including phenoxy) is 1. The third-order valence-corrected chi connectivity index (χ3v) is 2.37. The van der Waals surface area contributed by atoms with E-state index in [0.29, 0.717) is 17.2 Å². The van der Waals surface area contributed by atoms with E-state index in [2.05, 4.69) is 20.0 Å². The Labute approximate surface area is 113 Å². The number of halogens is 3. The van der Waals surface area contributed by atoms with Crippen molar-refractivity contribution in [3.05, 3.63) is 36.4 Å². The fourth-order valence-corrected chi connectivity index (χ4v) is 1.50. The lowest BCUT2D eigenvalue weighted by atomic mass is 10.2. The summed E-state index contributed by atoms with van der Waals surface area (Å²) >= 11 is 0. The minimum atomic E-state index is -4.41. The van der Waals surface area contributed by atoms with E-state index >= 15 is 0 Å². The van der Waals surface area contributed by atoms with Crippen LogP contribution in [0.3, 0.4) is 0 Å². The molecule has 4 nitrogen and oxygen atoms in total. The Morgan fingerprint density at radius 2 is 1.85 bits per heavy atom. The van der Waals surface area contributed by atoms with Crippen molar-refractivity contribution in [1.82, 2.24) is 9.97 Å².